The highest BCUT2D eigenvalue weighted by Crippen LogP contribution is 2.35. The molecule has 0 saturated carbocycles. The van der Waals surface area contributed by atoms with Gasteiger partial charge in [-0.2, -0.15) is 0 Å². The monoisotopic (exact) mass is 399 g/mol. The van der Waals surface area contributed by atoms with E-state index in [1.165, 1.54) is 31.2 Å². The lowest BCUT2D eigenvalue weighted by Crippen LogP contribution is -2.41. The molecule has 2 heterocycles. The molecule has 4 rings (SSSR count). The number of imide groups is 1. The van der Waals surface area contributed by atoms with Crippen molar-refractivity contribution in [2.75, 3.05) is 13.3 Å². The van der Waals surface area contributed by atoms with Gasteiger partial charge in [-0.15, -0.1) is 0 Å². The zero-order valence-corrected chi connectivity index (χ0v) is 15.3. The number of urea groups is 1. The lowest BCUT2D eigenvalue weighted by molar-refractivity contribution is -0.385. The zero-order valence-electron chi connectivity index (χ0n) is 15.3. The van der Waals surface area contributed by atoms with Gasteiger partial charge in [0.1, 0.15) is 5.54 Å². The largest absolute Gasteiger partial charge is 0.454 e. The number of amides is 3. The van der Waals surface area contributed by atoms with Gasteiger partial charge in [-0.25, -0.2) is 4.79 Å². The number of carbonyl (C=O) groups excluding carboxylic acids is 2. The van der Waals surface area contributed by atoms with Crippen molar-refractivity contribution in [3.8, 4) is 11.5 Å². The van der Waals surface area contributed by atoms with Crippen molar-refractivity contribution in [2.24, 2.45) is 0 Å². The lowest BCUT2D eigenvalue weighted by atomic mass is 9.91. The Kier molecular flexibility index (Phi) is 4.35. The molecular weight excluding hydrogens is 382 g/mol. The summed E-state index contributed by atoms with van der Waals surface area (Å²) >= 11 is 0. The van der Waals surface area contributed by atoms with E-state index < -0.39 is 28.5 Å². The number of non-ortho nitro benzene ring substituents is 1. The number of hydrogen-bond acceptors (Lipinski definition) is 7. The van der Waals surface area contributed by atoms with Crippen molar-refractivity contribution in [3.05, 3.63) is 63.7 Å². The van der Waals surface area contributed by atoms with Crippen LogP contribution >= 0.6 is 0 Å². The van der Waals surface area contributed by atoms with Crippen LogP contribution in [0.3, 0.4) is 0 Å². The summed E-state index contributed by atoms with van der Waals surface area (Å²) in [6.07, 6.45) is -1.15. The molecule has 2 aromatic carbocycles. The Morgan fingerprint density at radius 3 is 2.76 bits per heavy atom. The quantitative estimate of drug-likeness (QED) is 0.445. The highest BCUT2D eigenvalue weighted by Gasteiger charge is 2.49. The molecule has 10 heteroatoms. The average molecular weight is 399 g/mol. The molecule has 2 aromatic rings. The molecule has 0 unspecified atom stereocenters. The summed E-state index contributed by atoms with van der Waals surface area (Å²) in [6.45, 7) is 1.28. The molecule has 2 atom stereocenters. The SMILES string of the molecule is C[C@@]1(c2cccc([N+](=O)[O-])c2)NC(=O)N(C[C@H](O)c2ccc3c(c2)OCO3)C1=O. The van der Waals surface area contributed by atoms with Crippen LogP contribution in [0.4, 0.5) is 10.5 Å². The predicted molar refractivity (Wildman–Crippen MR) is 98.2 cm³/mol. The molecule has 0 aliphatic carbocycles. The second-order valence-corrected chi connectivity index (χ2v) is 6.91. The molecule has 29 heavy (non-hydrogen) atoms. The van der Waals surface area contributed by atoms with Crippen LogP contribution in [0, 0.1) is 10.1 Å². The number of aliphatic hydroxyl groups is 1. The topological polar surface area (TPSA) is 131 Å². The molecule has 0 spiro atoms. The van der Waals surface area contributed by atoms with E-state index in [1.54, 1.807) is 18.2 Å². The number of rotatable bonds is 5. The molecule has 10 nitrogen and oxygen atoms in total. The first-order chi connectivity index (χ1) is 13.8. The van der Waals surface area contributed by atoms with Gasteiger partial charge in [-0.05, 0) is 30.2 Å². The van der Waals surface area contributed by atoms with Crippen molar-refractivity contribution in [2.45, 2.75) is 18.6 Å². The van der Waals surface area contributed by atoms with Crippen molar-refractivity contribution in [1.29, 1.82) is 0 Å². The Morgan fingerprint density at radius 2 is 2.00 bits per heavy atom. The number of benzene rings is 2. The Morgan fingerprint density at radius 1 is 1.24 bits per heavy atom. The first-order valence-electron chi connectivity index (χ1n) is 8.76. The van der Waals surface area contributed by atoms with E-state index in [4.69, 9.17) is 9.47 Å². The maximum Gasteiger partial charge on any atom is 0.325 e. The Balaban J connectivity index is 1.56. The molecule has 2 aliphatic heterocycles. The first-order valence-corrected chi connectivity index (χ1v) is 8.76. The second-order valence-electron chi connectivity index (χ2n) is 6.91. The third-order valence-electron chi connectivity index (χ3n) is 5.05. The number of nitrogens with one attached hydrogen (secondary N) is 1. The van der Waals surface area contributed by atoms with Crippen LogP contribution in [0.2, 0.25) is 0 Å². The van der Waals surface area contributed by atoms with E-state index >= 15 is 0 Å². The van der Waals surface area contributed by atoms with Crippen LogP contribution in [0.15, 0.2) is 42.5 Å². The molecule has 2 aliphatic rings. The Bertz CT molecular complexity index is 1020. The molecule has 0 bridgehead atoms. The molecule has 3 amide bonds. The molecular formula is C19H17N3O7. The average Bonchev–Trinajstić information content (AvgIpc) is 3.26. The van der Waals surface area contributed by atoms with Gasteiger partial charge < -0.3 is 19.9 Å². The number of nitrogens with zero attached hydrogens (tertiary/aromatic N) is 2. The van der Waals surface area contributed by atoms with Gasteiger partial charge in [0.25, 0.3) is 11.6 Å². The molecule has 0 aromatic heterocycles. The summed E-state index contributed by atoms with van der Waals surface area (Å²) in [6, 6.07) is 9.68. The van der Waals surface area contributed by atoms with Gasteiger partial charge >= 0.3 is 6.03 Å². The fourth-order valence-electron chi connectivity index (χ4n) is 3.39. The fourth-order valence-corrected chi connectivity index (χ4v) is 3.39. The van der Waals surface area contributed by atoms with Crippen LogP contribution in [0.25, 0.3) is 0 Å². The molecule has 2 N–H and O–H groups in total. The first kappa shape index (κ1) is 18.7. The van der Waals surface area contributed by atoms with E-state index in [2.05, 4.69) is 5.32 Å². The minimum Gasteiger partial charge on any atom is -0.454 e. The van der Waals surface area contributed by atoms with E-state index in [0.717, 1.165) is 4.90 Å². The summed E-state index contributed by atoms with van der Waals surface area (Å²) in [5.74, 6) is 0.414. The van der Waals surface area contributed by atoms with Crippen molar-refractivity contribution < 1.29 is 29.1 Å². The Labute approximate surface area is 164 Å². The smallest absolute Gasteiger partial charge is 0.325 e. The number of aliphatic hydroxyl groups excluding tert-OH is 1. The van der Waals surface area contributed by atoms with Crippen molar-refractivity contribution in [1.82, 2.24) is 10.2 Å². The fraction of sp³-hybridized carbons (Fsp3) is 0.263. The second kappa shape index (κ2) is 6.74. The van der Waals surface area contributed by atoms with Crippen LogP contribution in [-0.4, -0.2) is 40.2 Å². The van der Waals surface area contributed by atoms with Crippen LogP contribution in [0.5, 0.6) is 11.5 Å². The lowest BCUT2D eigenvalue weighted by Gasteiger charge is -2.23. The summed E-state index contributed by atoms with van der Waals surface area (Å²) in [4.78, 5) is 36.8. The number of fused-ring (bicyclic) bond motifs is 1. The number of carbonyl (C=O) groups is 2. The van der Waals surface area contributed by atoms with Gasteiger partial charge in [0, 0.05) is 12.1 Å². The van der Waals surface area contributed by atoms with E-state index in [0.29, 0.717) is 17.1 Å². The van der Waals surface area contributed by atoms with Gasteiger partial charge in [0.15, 0.2) is 11.5 Å². The van der Waals surface area contributed by atoms with E-state index in [9.17, 15) is 24.8 Å². The highest BCUT2D eigenvalue weighted by atomic mass is 16.7. The molecule has 1 saturated heterocycles. The summed E-state index contributed by atoms with van der Waals surface area (Å²) in [7, 11) is 0. The van der Waals surface area contributed by atoms with Gasteiger partial charge in [0.05, 0.1) is 17.6 Å². The number of nitro groups is 1. The predicted octanol–water partition coefficient (Wildman–Crippen LogP) is 1.82. The van der Waals surface area contributed by atoms with Gasteiger partial charge in [-0.1, -0.05) is 18.2 Å². The van der Waals surface area contributed by atoms with Crippen molar-refractivity contribution in [3.63, 3.8) is 0 Å². The summed E-state index contributed by atoms with van der Waals surface area (Å²) in [5, 5.41) is 24.2. The standard InChI is InChI=1S/C19H17N3O7/c1-19(12-3-2-4-13(8-12)22(26)27)17(24)21(18(25)20-19)9-14(23)11-5-6-15-16(7-11)29-10-28-15/h2-8,14,23H,9-10H2,1H3,(H,20,25)/t14-,19-/m0/s1. The third-order valence-corrected chi connectivity index (χ3v) is 5.05. The normalized spacial score (nSPS) is 21.2. The van der Waals surface area contributed by atoms with Gasteiger partial charge in [0.2, 0.25) is 6.79 Å². The van der Waals surface area contributed by atoms with Crippen LogP contribution in [-0.2, 0) is 10.3 Å². The third kappa shape index (κ3) is 3.13. The number of nitro benzene ring substituents is 1. The number of hydrogen-bond donors (Lipinski definition) is 2. The molecule has 1 fully saturated rings. The zero-order chi connectivity index (χ0) is 20.8. The van der Waals surface area contributed by atoms with E-state index in [-0.39, 0.29) is 24.6 Å². The molecule has 0 radical (unpaired) electrons. The van der Waals surface area contributed by atoms with Crippen LogP contribution in [0.1, 0.15) is 24.2 Å². The maximum absolute atomic E-state index is 13.0. The summed E-state index contributed by atoms with van der Waals surface area (Å²) < 4.78 is 10.5. The Hall–Kier alpha value is -3.66. The highest BCUT2D eigenvalue weighted by molar-refractivity contribution is 6.07. The maximum atomic E-state index is 13.0. The van der Waals surface area contributed by atoms with Gasteiger partial charge in [-0.3, -0.25) is 19.8 Å². The number of β-amino-alcohol motifs (C(OH)–C–C–N with tert-alkyl or cyclic N) is 1. The van der Waals surface area contributed by atoms with Crippen molar-refractivity contribution >= 4 is 17.6 Å². The van der Waals surface area contributed by atoms with E-state index in [1.807, 2.05) is 0 Å². The van der Waals surface area contributed by atoms with Crippen LogP contribution < -0.4 is 14.8 Å². The summed E-state index contributed by atoms with van der Waals surface area (Å²) in [5.41, 5.74) is -0.925. The minimum absolute atomic E-state index is 0.0868. The molecule has 150 valence electrons. The minimum atomic E-state index is -1.47. The number of ether oxygens (including phenoxy) is 2.